The third-order valence-corrected chi connectivity index (χ3v) is 4.73. The Morgan fingerprint density at radius 3 is 2.82 bits per heavy atom. The lowest BCUT2D eigenvalue weighted by molar-refractivity contribution is 0.472. The van der Waals surface area contributed by atoms with Crippen LogP contribution in [0.25, 0.3) is 0 Å². The van der Waals surface area contributed by atoms with Gasteiger partial charge < -0.3 is 15.5 Å². The highest BCUT2D eigenvalue weighted by atomic mass is 16.3. The first-order valence-electron chi connectivity index (χ1n) is 7.83. The summed E-state index contributed by atoms with van der Waals surface area (Å²) in [6, 6.07) is 9.01. The van der Waals surface area contributed by atoms with Gasteiger partial charge in [0.2, 0.25) is 0 Å². The summed E-state index contributed by atoms with van der Waals surface area (Å²) in [5, 5.41) is 23.7. The number of para-hydroxylation sites is 2. The van der Waals surface area contributed by atoms with E-state index in [9.17, 15) is 10.2 Å². The highest BCUT2D eigenvalue weighted by Crippen LogP contribution is 2.45. The second kappa shape index (κ2) is 5.09. The van der Waals surface area contributed by atoms with Crippen LogP contribution in [0.5, 0.6) is 11.5 Å². The Kier molecular flexibility index (Phi) is 3.07. The van der Waals surface area contributed by atoms with Gasteiger partial charge >= 0.3 is 0 Å². The molecule has 1 atom stereocenters. The third kappa shape index (κ3) is 2.05. The zero-order chi connectivity index (χ0) is 15.1. The van der Waals surface area contributed by atoms with Crippen molar-refractivity contribution in [3.05, 3.63) is 59.2 Å². The van der Waals surface area contributed by atoms with Crippen LogP contribution in [0.3, 0.4) is 0 Å². The van der Waals surface area contributed by atoms with E-state index in [0.29, 0.717) is 11.6 Å². The summed E-state index contributed by atoms with van der Waals surface area (Å²) >= 11 is 0. The normalized spacial score (nSPS) is 18.8. The van der Waals surface area contributed by atoms with Gasteiger partial charge in [0.25, 0.3) is 0 Å². The lowest BCUT2D eigenvalue weighted by atomic mass is 9.76. The van der Waals surface area contributed by atoms with Crippen molar-refractivity contribution in [1.82, 2.24) is 0 Å². The monoisotopic (exact) mass is 293 g/mol. The van der Waals surface area contributed by atoms with Crippen molar-refractivity contribution in [3.63, 3.8) is 0 Å². The van der Waals surface area contributed by atoms with Gasteiger partial charge in [-0.2, -0.15) is 0 Å². The predicted octanol–water partition coefficient (Wildman–Crippen LogP) is 4.37. The largest absolute Gasteiger partial charge is 0.506 e. The van der Waals surface area contributed by atoms with Gasteiger partial charge in [-0.3, -0.25) is 0 Å². The molecule has 2 aromatic carbocycles. The fourth-order valence-electron chi connectivity index (χ4n) is 3.73. The lowest BCUT2D eigenvalue weighted by Crippen LogP contribution is -2.15. The number of phenols is 2. The second-order valence-corrected chi connectivity index (χ2v) is 6.10. The number of allylic oxidation sites excluding steroid dienone is 2. The fraction of sp³-hybridized carbons (Fsp3) is 0.263. The van der Waals surface area contributed by atoms with Crippen molar-refractivity contribution in [1.29, 1.82) is 0 Å². The van der Waals surface area contributed by atoms with Crippen LogP contribution < -0.4 is 5.32 Å². The Morgan fingerprint density at radius 2 is 1.95 bits per heavy atom. The lowest BCUT2D eigenvalue weighted by Gasteiger charge is -2.31. The van der Waals surface area contributed by atoms with Gasteiger partial charge in [-0.1, -0.05) is 24.3 Å². The molecule has 0 aliphatic heterocycles. The van der Waals surface area contributed by atoms with E-state index >= 15 is 0 Å². The molecule has 3 nitrogen and oxygen atoms in total. The summed E-state index contributed by atoms with van der Waals surface area (Å²) in [5.74, 6) is 0.931. The van der Waals surface area contributed by atoms with Gasteiger partial charge in [-0.05, 0) is 60.6 Å². The molecular formula is C19H19NO2. The minimum Gasteiger partial charge on any atom is -0.506 e. The van der Waals surface area contributed by atoms with Gasteiger partial charge in [0.1, 0.15) is 11.5 Å². The average Bonchev–Trinajstić information content (AvgIpc) is 2.53. The van der Waals surface area contributed by atoms with E-state index in [1.165, 1.54) is 29.5 Å². The molecule has 0 saturated carbocycles. The molecule has 3 heteroatoms. The molecule has 0 unspecified atom stereocenters. The molecule has 0 fully saturated rings. The quantitative estimate of drug-likeness (QED) is 0.569. The van der Waals surface area contributed by atoms with Crippen LogP contribution in [-0.2, 0) is 12.8 Å². The van der Waals surface area contributed by atoms with Crippen molar-refractivity contribution < 1.29 is 10.2 Å². The zero-order valence-corrected chi connectivity index (χ0v) is 12.3. The summed E-state index contributed by atoms with van der Waals surface area (Å²) in [4.78, 5) is 0. The van der Waals surface area contributed by atoms with Crippen molar-refractivity contribution in [2.24, 2.45) is 0 Å². The summed E-state index contributed by atoms with van der Waals surface area (Å²) < 4.78 is 0. The molecule has 0 radical (unpaired) electrons. The van der Waals surface area contributed by atoms with Crippen LogP contribution in [0.1, 0.15) is 35.4 Å². The van der Waals surface area contributed by atoms with Gasteiger partial charge in [0, 0.05) is 5.92 Å². The van der Waals surface area contributed by atoms with Crippen LogP contribution in [-0.4, -0.2) is 10.2 Å². The minimum atomic E-state index is 0.190. The van der Waals surface area contributed by atoms with Crippen LogP contribution in [0.2, 0.25) is 0 Å². The van der Waals surface area contributed by atoms with Crippen LogP contribution in [0.15, 0.2) is 42.5 Å². The van der Waals surface area contributed by atoms with E-state index in [1.807, 2.05) is 18.2 Å². The number of aromatic hydroxyl groups is 2. The Bertz CT molecular complexity index is 764. The number of hydrogen-bond acceptors (Lipinski definition) is 3. The minimum absolute atomic E-state index is 0.190. The Morgan fingerprint density at radius 1 is 1.09 bits per heavy atom. The molecule has 4 rings (SSSR count). The van der Waals surface area contributed by atoms with E-state index in [0.717, 1.165) is 18.5 Å². The molecule has 0 saturated heterocycles. The van der Waals surface area contributed by atoms with Crippen molar-refractivity contribution in [2.75, 3.05) is 5.32 Å². The molecule has 112 valence electrons. The maximum atomic E-state index is 10.5. The van der Waals surface area contributed by atoms with Crippen LogP contribution in [0, 0.1) is 0 Å². The standard InChI is InChI=1S/C19H19NO2/c21-16-10-2-1-9-15(16)20-19-14-8-4-6-12-5-3-7-13(18(12)14)11-17(19)22/h1-2,4,6,9-12,20-22H,3,5,7-8H2/t12-/m1/s1. The van der Waals surface area contributed by atoms with Crippen molar-refractivity contribution >= 4 is 11.4 Å². The molecule has 0 amide bonds. The summed E-state index contributed by atoms with van der Waals surface area (Å²) in [6.45, 7) is 0. The van der Waals surface area contributed by atoms with E-state index in [2.05, 4.69) is 17.5 Å². The SMILES string of the molecule is Oc1ccccc1Nc1c(O)cc2c3c1CC=C[C@H]3CCC2. The maximum Gasteiger partial charge on any atom is 0.139 e. The molecule has 0 aromatic heterocycles. The number of aryl methyl sites for hydroxylation is 1. The fourth-order valence-corrected chi connectivity index (χ4v) is 3.73. The number of nitrogens with one attached hydrogen (secondary N) is 1. The molecule has 22 heavy (non-hydrogen) atoms. The first-order valence-corrected chi connectivity index (χ1v) is 7.83. The predicted molar refractivity (Wildman–Crippen MR) is 88.0 cm³/mol. The maximum absolute atomic E-state index is 10.5. The molecular weight excluding hydrogens is 274 g/mol. The highest BCUT2D eigenvalue weighted by molar-refractivity contribution is 5.76. The summed E-state index contributed by atoms with van der Waals surface area (Å²) in [6.07, 6.45) is 8.70. The first-order chi connectivity index (χ1) is 10.7. The van der Waals surface area contributed by atoms with Gasteiger partial charge in [-0.15, -0.1) is 0 Å². The number of benzene rings is 2. The molecule has 2 aromatic rings. The average molecular weight is 293 g/mol. The molecule has 3 N–H and O–H groups in total. The van der Waals surface area contributed by atoms with Crippen molar-refractivity contribution in [2.45, 2.75) is 31.6 Å². The van der Waals surface area contributed by atoms with Gasteiger partial charge in [0.05, 0.1) is 11.4 Å². The van der Waals surface area contributed by atoms with Crippen LogP contribution >= 0.6 is 0 Å². The second-order valence-electron chi connectivity index (χ2n) is 6.10. The smallest absolute Gasteiger partial charge is 0.139 e. The highest BCUT2D eigenvalue weighted by Gasteiger charge is 2.27. The van der Waals surface area contributed by atoms with Gasteiger partial charge in [-0.25, -0.2) is 0 Å². The number of phenolic OH excluding ortho intramolecular Hbond substituents is 2. The van der Waals surface area contributed by atoms with E-state index in [-0.39, 0.29) is 11.5 Å². The van der Waals surface area contributed by atoms with E-state index < -0.39 is 0 Å². The number of rotatable bonds is 2. The number of hydrogen-bond donors (Lipinski definition) is 3. The number of anilines is 2. The third-order valence-electron chi connectivity index (χ3n) is 4.73. The van der Waals surface area contributed by atoms with E-state index in [1.54, 1.807) is 12.1 Å². The van der Waals surface area contributed by atoms with Gasteiger partial charge in [0.15, 0.2) is 0 Å². The Hall–Kier alpha value is -2.42. The van der Waals surface area contributed by atoms with Crippen LogP contribution in [0.4, 0.5) is 11.4 Å². The zero-order valence-electron chi connectivity index (χ0n) is 12.3. The summed E-state index contributed by atoms with van der Waals surface area (Å²) in [7, 11) is 0. The Balaban J connectivity index is 1.84. The molecule has 2 aliphatic rings. The molecule has 0 heterocycles. The molecule has 0 bridgehead atoms. The van der Waals surface area contributed by atoms with Crippen molar-refractivity contribution in [3.8, 4) is 11.5 Å². The molecule has 2 aliphatic carbocycles. The van der Waals surface area contributed by atoms with E-state index in [4.69, 9.17) is 0 Å². The molecule has 0 spiro atoms. The Labute approximate surface area is 129 Å². The summed E-state index contributed by atoms with van der Waals surface area (Å²) in [5.41, 5.74) is 5.18. The topological polar surface area (TPSA) is 52.5 Å². The first kappa shape index (κ1) is 13.3.